The van der Waals surface area contributed by atoms with E-state index in [0.717, 1.165) is 22.4 Å². The van der Waals surface area contributed by atoms with Gasteiger partial charge in [-0.15, -0.1) is 0 Å². The summed E-state index contributed by atoms with van der Waals surface area (Å²) in [5.41, 5.74) is 10.2. The van der Waals surface area contributed by atoms with Crippen molar-refractivity contribution >= 4 is 22.7 Å². The van der Waals surface area contributed by atoms with Gasteiger partial charge in [0.05, 0.1) is 17.1 Å². The predicted octanol–water partition coefficient (Wildman–Crippen LogP) is 4.01. The summed E-state index contributed by atoms with van der Waals surface area (Å²) in [6.07, 6.45) is 1.93. The topological polar surface area (TPSA) is 79.2 Å². The number of nitrogens with two attached hydrogens (primary N) is 1. The number of hydrogen-bond acceptors (Lipinski definition) is 2. The Bertz CT molecular complexity index is 1180. The van der Waals surface area contributed by atoms with E-state index in [1.165, 1.54) is 12.1 Å². The fourth-order valence-electron chi connectivity index (χ4n) is 4.39. The quantitative estimate of drug-likeness (QED) is 0.662. The molecule has 0 radical (unpaired) electrons. The summed E-state index contributed by atoms with van der Waals surface area (Å²) in [5.74, 6) is -1.28. The number of benzene rings is 2. The van der Waals surface area contributed by atoms with Crippen LogP contribution in [0.3, 0.4) is 0 Å². The number of fused-ring (bicyclic) bond motifs is 2. The Hall–Kier alpha value is -3.41. The third kappa shape index (κ3) is 2.92. The third-order valence-corrected chi connectivity index (χ3v) is 5.73. The van der Waals surface area contributed by atoms with Crippen molar-refractivity contribution in [3.63, 3.8) is 0 Å². The van der Waals surface area contributed by atoms with Crippen LogP contribution in [0.4, 0.5) is 4.39 Å². The molecule has 2 aromatic carbocycles. The average molecular weight is 391 g/mol. The number of nitrogens with one attached hydrogen (secondary N) is 1. The van der Waals surface area contributed by atoms with Crippen molar-refractivity contribution in [2.75, 3.05) is 6.54 Å². The lowest BCUT2D eigenvalue weighted by atomic mass is 9.85. The van der Waals surface area contributed by atoms with E-state index in [0.29, 0.717) is 29.4 Å². The highest BCUT2D eigenvalue weighted by Gasteiger charge is 2.29. The molecule has 1 atom stereocenters. The number of halogens is 1. The zero-order chi connectivity index (χ0) is 20.9. The number of aromatic amines is 1. The Morgan fingerprint density at radius 3 is 2.79 bits per heavy atom. The molecule has 0 aliphatic carbocycles. The number of nitrogens with zero attached hydrogens (tertiary/aromatic N) is 1. The molecule has 3 aromatic rings. The standard InChI is InChI=1S/C23H22FN3O2/c1-4-20(28)27-9-8-15-14(13(27)3)6-5-7-16(15)21-17-10-12(2)26-22(17)18(23(25)29)11-19(21)24/h4-7,10-11,13,26H,1,8-9H2,2-3H3,(H2,25,29). The van der Waals surface area contributed by atoms with Gasteiger partial charge in [0.2, 0.25) is 5.91 Å². The molecule has 5 nitrogen and oxygen atoms in total. The molecule has 2 heterocycles. The molecule has 148 valence electrons. The lowest BCUT2D eigenvalue weighted by Crippen LogP contribution is -2.38. The van der Waals surface area contributed by atoms with Crippen LogP contribution in [0.2, 0.25) is 0 Å². The minimum atomic E-state index is -0.676. The lowest BCUT2D eigenvalue weighted by molar-refractivity contribution is -0.128. The minimum absolute atomic E-state index is 0.116. The number of H-pyrrole nitrogens is 1. The maximum atomic E-state index is 15.3. The van der Waals surface area contributed by atoms with Gasteiger partial charge in [-0.2, -0.15) is 0 Å². The second-order valence-electron chi connectivity index (χ2n) is 7.42. The second kappa shape index (κ2) is 6.88. The maximum Gasteiger partial charge on any atom is 0.250 e. The molecule has 0 saturated carbocycles. The number of aryl methyl sites for hydroxylation is 1. The van der Waals surface area contributed by atoms with Gasteiger partial charge in [-0.1, -0.05) is 24.8 Å². The zero-order valence-electron chi connectivity index (χ0n) is 16.4. The molecule has 0 bridgehead atoms. The highest BCUT2D eigenvalue weighted by Crippen LogP contribution is 2.40. The Morgan fingerprint density at radius 1 is 1.34 bits per heavy atom. The Morgan fingerprint density at radius 2 is 2.10 bits per heavy atom. The van der Waals surface area contributed by atoms with Gasteiger partial charge < -0.3 is 15.6 Å². The number of carbonyl (C=O) groups excluding carboxylic acids is 2. The fourth-order valence-corrected chi connectivity index (χ4v) is 4.39. The fraction of sp³-hybridized carbons (Fsp3) is 0.217. The van der Waals surface area contributed by atoms with Crippen molar-refractivity contribution in [3.05, 3.63) is 71.2 Å². The van der Waals surface area contributed by atoms with E-state index in [9.17, 15) is 9.59 Å². The summed E-state index contributed by atoms with van der Waals surface area (Å²) in [7, 11) is 0. The van der Waals surface area contributed by atoms with E-state index in [1.54, 1.807) is 4.90 Å². The van der Waals surface area contributed by atoms with Crippen molar-refractivity contribution in [3.8, 4) is 11.1 Å². The number of carbonyl (C=O) groups is 2. The Labute approximate surface area is 168 Å². The van der Waals surface area contributed by atoms with E-state index in [4.69, 9.17) is 5.73 Å². The first kappa shape index (κ1) is 18.9. The monoisotopic (exact) mass is 391 g/mol. The predicted molar refractivity (Wildman–Crippen MR) is 111 cm³/mol. The number of rotatable bonds is 3. The molecular formula is C23H22FN3O2. The number of aromatic nitrogens is 1. The molecule has 29 heavy (non-hydrogen) atoms. The second-order valence-corrected chi connectivity index (χ2v) is 7.42. The lowest BCUT2D eigenvalue weighted by Gasteiger charge is -2.35. The van der Waals surface area contributed by atoms with Gasteiger partial charge in [0, 0.05) is 23.2 Å². The van der Waals surface area contributed by atoms with E-state index in [-0.39, 0.29) is 17.5 Å². The molecule has 1 aromatic heterocycles. The number of primary amides is 1. The summed E-state index contributed by atoms with van der Waals surface area (Å²) in [5, 5.41) is 0.627. The average Bonchev–Trinajstić information content (AvgIpc) is 3.07. The first-order chi connectivity index (χ1) is 13.8. The molecule has 0 spiro atoms. The molecule has 0 saturated heterocycles. The van der Waals surface area contributed by atoms with Gasteiger partial charge in [0.25, 0.3) is 5.91 Å². The first-order valence-corrected chi connectivity index (χ1v) is 9.50. The molecule has 3 N–H and O–H groups in total. The van der Waals surface area contributed by atoms with E-state index < -0.39 is 11.7 Å². The summed E-state index contributed by atoms with van der Waals surface area (Å²) in [4.78, 5) is 28.9. The SMILES string of the molecule is C=CC(=O)N1CCc2c(-c3c(F)cc(C(N)=O)c4[nH]c(C)cc34)cccc2C1C. The maximum absolute atomic E-state index is 15.3. The van der Waals surface area contributed by atoms with Crippen molar-refractivity contribution in [2.24, 2.45) is 5.73 Å². The van der Waals surface area contributed by atoms with Crippen LogP contribution in [-0.4, -0.2) is 28.2 Å². The van der Waals surface area contributed by atoms with Crippen LogP contribution < -0.4 is 5.73 Å². The van der Waals surface area contributed by atoms with Crippen LogP contribution in [0.5, 0.6) is 0 Å². The van der Waals surface area contributed by atoms with Gasteiger partial charge in [0.1, 0.15) is 5.82 Å². The highest BCUT2D eigenvalue weighted by molar-refractivity contribution is 6.09. The highest BCUT2D eigenvalue weighted by atomic mass is 19.1. The van der Waals surface area contributed by atoms with Crippen molar-refractivity contribution in [1.29, 1.82) is 0 Å². The number of amides is 2. The Kier molecular flexibility index (Phi) is 4.49. The van der Waals surface area contributed by atoms with Gasteiger partial charge in [-0.25, -0.2) is 4.39 Å². The third-order valence-electron chi connectivity index (χ3n) is 5.73. The van der Waals surface area contributed by atoms with Crippen LogP contribution in [0.25, 0.3) is 22.0 Å². The largest absolute Gasteiger partial charge is 0.366 e. The zero-order valence-corrected chi connectivity index (χ0v) is 16.4. The molecule has 1 aliphatic heterocycles. The normalized spacial score (nSPS) is 16.0. The summed E-state index contributed by atoms with van der Waals surface area (Å²) in [6, 6.07) is 8.64. The molecule has 1 unspecified atom stereocenters. The molecule has 0 fully saturated rings. The minimum Gasteiger partial charge on any atom is -0.366 e. The Balaban J connectivity index is 1.96. The molecular weight excluding hydrogens is 369 g/mol. The van der Waals surface area contributed by atoms with Gasteiger partial charge in [-0.3, -0.25) is 9.59 Å². The van der Waals surface area contributed by atoms with Crippen molar-refractivity contribution < 1.29 is 14.0 Å². The molecule has 1 aliphatic rings. The van der Waals surface area contributed by atoms with E-state index in [1.807, 2.05) is 38.1 Å². The summed E-state index contributed by atoms with van der Waals surface area (Å²) in [6.45, 7) is 7.93. The first-order valence-electron chi connectivity index (χ1n) is 9.50. The van der Waals surface area contributed by atoms with Crippen LogP contribution in [-0.2, 0) is 11.2 Å². The van der Waals surface area contributed by atoms with Crippen LogP contribution in [0.15, 0.2) is 43.0 Å². The van der Waals surface area contributed by atoms with Crippen LogP contribution >= 0.6 is 0 Å². The summed E-state index contributed by atoms with van der Waals surface area (Å²) >= 11 is 0. The van der Waals surface area contributed by atoms with E-state index >= 15 is 4.39 Å². The van der Waals surface area contributed by atoms with Crippen LogP contribution in [0, 0.1) is 12.7 Å². The molecule has 4 rings (SSSR count). The molecule has 2 amide bonds. The van der Waals surface area contributed by atoms with Crippen molar-refractivity contribution in [1.82, 2.24) is 9.88 Å². The van der Waals surface area contributed by atoms with Crippen LogP contribution in [0.1, 0.15) is 40.1 Å². The molecule has 6 heteroatoms. The van der Waals surface area contributed by atoms with Crippen molar-refractivity contribution in [2.45, 2.75) is 26.3 Å². The number of hydrogen-bond donors (Lipinski definition) is 2. The van der Waals surface area contributed by atoms with Gasteiger partial charge in [-0.05, 0) is 55.2 Å². The van der Waals surface area contributed by atoms with E-state index in [2.05, 4.69) is 11.6 Å². The van der Waals surface area contributed by atoms with Gasteiger partial charge in [0.15, 0.2) is 0 Å². The smallest absolute Gasteiger partial charge is 0.250 e. The van der Waals surface area contributed by atoms with Gasteiger partial charge >= 0.3 is 0 Å². The summed E-state index contributed by atoms with van der Waals surface area (Å²) < 4.78 is 15.3.